The average Bonchev–Trinajstić information content (AvgIpc) is 2.38. The summed E-state index contributed by atoms with van der Waals surface area (Å²) in [5.74, 6) is -4.04. The van der Waals surface area contributed by atoms with Crippen LogP contribution < -0.4 is 5.32 Å². The number of hydrogen-bond donors (Lipinski definition) is 1. The fraction of sp³-hybridized carbons (Fsp3) is 0.333. The first kappa shape index (κ1) is 13.7. The van der Waals surface area contributed by atoms with Gasteiger partial charge in [-0.3, -0.25) is 4.98 Å². The minimum absolute atomic E-state index is 0.0415. The van der Waals surface area contributed by atoms with Gasteiger partial charge in [0.15, 0.2) is 0 Å². The highest BCUT2D eigenvalue weighted by molar-refractivity contribution is 5.73. The van der Waals surface area contributed by atoms with Crippen LogP contribution in [0.1, 0.15) is 5.69 Å². The molecule has 0 bridgehead atoms. The summed E-state index contributed by atoms with van der Waals surface area (Å²) in [6.45, 7) is -1.14. The Morgan fingerprint density at radius 1 is 1.16 bits per heavy atom. The highest BCUT2D eigenvalue weighted by Gasteiger charge is 2.39. The lowest BCUT2D eigenvalue weighted by atomic mass is 10.3. The zero-order chi connectivity index (χ0) is 13.9. The largest absolute Gasteiger partial charge is 0.319 e. The smallest absolute Gasteiger partial charge is 0.305 e. The molecule has 0 fully saturated rings. The van der Waals surface area contributed by atoms with Gasteiger partial charge in [-0.15, -0.1) is 0 Å². The number of halogens is 4. The SMILES string of the molecule is FC(F)C(F)(F)CNCc1cnc2ccccc2n1. The van der Waals surface area contributed by atoms with Gasteiger partial charge in [0.25, 0.3) is 0 Å². The summed E-state index contributed by atoms with van der Waals surface area (Å²) in [5, 5.41) is 2.26. The highest BCUT2D eigenvalue weighted by Crippen LogP contribution is 2.21. The van der Waals surface area contributed by atoms with E-state index in [4.69, 9.17) is 0 Å². The molecule has 7 heteroatoms. The van der Waals surface area contributed by atoms with Crippen LogP contribution in [0, 0.1) is 0 Å². The van der Waals surface area contributed by atoms with Crippen molar-refractivity contribution in [2.75, 3.05) is 6.54 Å². The van der Waals surface area contributed by atoms with E-state index < -0.39 is 18.9 Å². The second-order valence-corrected chi connectivity index (χ2v) is 4.02. The number of nitrogens with zero attached hydrogens (tertiary/aromatic N) is 2. The van der Waals surface area contributed by atoms with Crippen LogP contribution in [-0.4, -0.2) is 28.9 Å². The zero-order valence-electron chi connectivity index (χ0n) is 9.78. The summed E-state index contributed by atoms with van der Waals surface area (Å²) < 4.78 is 49.2. The molecule has 19 heavy (non-hydrogen) atoms. The normalized spacial score (nSPS) is 12.3. The Kier molecular flexibility index (Phi) is 3.94. The van der Waals surface area contributed by atoms with Gasteiger partial charge in [0.05, 0.1) is 29.5 Å². The van der Waals surface area contributed by atoms with Gasteiger partial charge in [0.2, 0.25) is 0 Å². The molecule has 3 nitrogen and oxygen atoms in total. The average molecular weight is 273 g/mol. The number of rotatable bonds is 5. The third kappa shape index (κ3) is 3.37. The molecule has 0 saturated heterocycles. The summed E-state index contributed by atoms with van der Waals surface area (Å²) in [4.78, 5) is 8.28. The number of aromatic nitrogens is 2. The fourth-order valence-corrected chi connectivity index (χ4v) is 1.52. The van der Waals surface area contributed by atoms with Crippen molar-refractivity contribution in [2.24, 2.45) is 0 Å². The highest BCUT2D eigenvalue weighted by atomic mass is 19.3. The molecular weight excluding hydrogens is 262 g/mol. The molecule has 2 aromatic rings. The van der Waals surface area contributed by atoms with E-state index in [1.54, 1.807) is 24.3 Å². The topological polar surface area (TPSA) is 37.8 Å². The molecule has 0 aliphatic rings. The quantitative estimate of drug-likeness (QED) is 0.851. The molecule has 0 radical (unpaired) electrons. The van der Waals surface area contributed by atoms with E-state index in [0.29, 0.717) is 16.7 Å². The van der Waals surface area contributed by atoms with Crippen molar-refractivity contribution in [3.63, 3.8) is 0 Å². The maximum absolute atomic E-state index is 12.7. The number of alkyl halides is 4. The van der Waals surface area contributed by atoms with E-state index in [0.717, 1.165) is 0 Å². The van der Waals surface area contributed by atoms with E-state index in [1.165, 1.54) is 6.20 Å². The lowest BCUT2D eigenvalue weighted by Crippen LogP contribution is -2.38. The lowest BCUT2D eigenvalue weighted by molar-refractivity contribution is -0.125. The van der Waals surface area contributed by atoms with E-state index in [9.17, 15) is 17.6 Å². The lowest BCUT2D eigenvalue weighted by Gasteiger charge is -2.15. The van der Waals surface area contributed by atoms with E-state index in [-0.39, 0.29) is 6.54 Å². The number of benzene rings is 1. The van der Waals surface area contributed by atoms with Crippen molar-refractivity contribution >= 4 is 11.0 Å². The summed E-state index contributed by atoms with van der Waals surface area (Å²) in [6, 6.07) is 7.08. The van der Waals surface area contributed by atoms with Gasteiger partial charge < -0.3 is 5.32 Å². The Morgan fingerprint density at radius 2 is 1.84 bits per heavy atom. The molecule has 0 aliphatic heterocycles. The predicted molar refractivity (Wildman–Crippen MR) is 62.2 cm³/mol. The van der Waals surface area contributed by atoms with Crippen molar-refractivity contribution in [1.29, 1.82) is 0 Å². The van der Waals surface area contributed by atoms with Gasteiger partial charge in [-0.25, -0.2) is 13.8 Å². The molecule has 0 amide bonds. The van der Waals surface area contributed by atoms with Crippen LogP contribution in [0.4, 0.5) is 17.6 Å². The maximum Gasteiger partial charge on any atom is 0.319 e. The van der Waals surface area contributed by atoms with Crippen LogP contribution in [-0.2, 0) is 6.54 Å². The minimum atomic E-state index is -4.04. The second kappa shape index (κ2) is 5.48. The van der Waals surface area contributed by atoms with Crippen molar-refractivity contribution in [3.8, 4) is 0 Å². The van der Waals surface area contributed by atoms with Gasteiger partial charge in [0, 0.05) is 6.54 Å². The van der Waals surface area contributed by atoms with Crippen LogP contribution in [0.2, 0.25) is 0 Å². The number of nitrogens with one attached hydrogen (secondary N) is 1. The maximum atomic E-state index is 12.7. The van der Waals surface area contributed by atoms with Crippen LogP contribution in [0.25, 0.3) is 11.0 Å². The molecule has 0 spiro atoms. The summed E-state index contributed by atoms with van der Waals surface area (Å²) in [7, 11) is 0. The van der Waals surface area contributed by atoms with Gasteiger partial charge in [-0.2, -0.15) is 8.78 Å². The molecule has 0 saturated carbocycles. The molecule has 0 atom stereocenters. The molecular formula is C12H11F4N3. The summed E-state index contributed by atoms with van der Waals surface area (Å²) in [6.07, 6.45) is -2.25. The minimum Gasteiger partial charge on any atom is -0.305 e. The molecule has 0 aliphatic carbocycles. The standard InChI is InChI=1S/C12H11F4N3/c13-11(14)12(15,16)7-17-5-8-6-18-9-3-1-2-4-10(9)19-8/h1-4,6,11,17H,5,7H2. The van der Waals surface area contributed by atoms with Gasteiger partial charge in [0.1, 0.15) is 0 Å². The Bertz CT molecular complexity index is 559. The number of hydrogen-bond acceptors (Lipinski definition) is 3. The fourth-order valence-electron chi connectivity index (χ4n) is 1.52. The van der Waals surface area contributed by atoms with Gasteiger partial charge in [-0.05, 0) is 12.1 Å². The van der Waals surface area contributed by atoms with Crippen LogP contribution >= 0.6 is 0 Å². The van der Waals surface area contributed by atoms with E-state index >= 15 is 0 Å². The molecule has 1 heterocycles. The molecule has 0 unspecified atom stereocenters. The predicted octanol–water partition coefficient (Wildman–Crippen LogP) is 2.62. The number of fused-ring (bicyclic) bond motifs is 1. The second-order valence-electron chi connectivity index (χ2n) is 4.02. The monoisotopic (exact) mass is 273 g/mol. The number of para-hydroxylation sites is 2. The third-order valence-corrected chi connectivity index (χ3v) is 2.48. The van der Waals surface area contributed by atoms with E-state index in [2.05, 4.69) is 15.3 Å². The Morgan fingerprint density at radius 3 is 2.53 bits per heavy atom. The Labute approximate surface area is 106 Å². The van der Waals surface area contributed by atoms with E-state index in [1.807, 2.05) is 0 Å². The molecule has 1 N–H and O–H groups in total. The van der Waals surface area contributed by atoms with Crippen LogP contribution in [0.15, 0.2) is 30.5 Å². The van der Waals surface area contributed by atoms with Gasteiger partial charge in [-0.1, -0.05) is 12.1 Å². The molecule has 1 aromatic carbocycles. The van der Waals surface area contributed by atoms with Gasteiger partial charge >= 0.3 is 12.3 Å². The Hall–Kier alpha value is -1.76. The first-order valence-corrected chi connectivity index (χ1v) is 5.56. The summed E-state index contributed by atoms with van der Waals surface area (Å²) >= 11 is 0. The third-order valence-electron chi connectivity index (χ3n) is 2.48. The van der Waals surface area contributed by atoms with Crippen molar-refractivity contribution < 1.29 is 17.6 Å². The zero-order valence-corrected chi connectivity index (χ0v) is 9.78. The first-order chi connectivity index (χ1) is 8.99. The van der Waals surface area contributed by atoms with Crippen molar-refractivity contribution in [3.05, 3.63) is 36.2 Å². The van der Waals surface area contributed by atoms with Crippen molar-refractivity contribution in [1.82, 2.24) is 15.3 Å². The first-order valence-electron chi connectivity index (χ1n) is 5.56. The Balaban J connectivity index is 1.98. The molecule has 1 aromatic heterocycles. The molecule has 102 valence electrons. The van der Waals surface area contributed by atoms with Crippen LogP contribution in [0.3, 0.4) is 0 Å². The van der Waals surface area contributed by atoms with Crippen LogP contribution in [0.5, 0.6) is 0 Å². The summed E-state index contributed by atoms with van der Waals surface area (Å²) in [5.41, 5.74) is 1.73. The molecule has 2 rings (SSSR count). The van der Waals surface area contributed by atoms with Crippen molar-refractivity contribution in [2.45, 2.75) is 18.9 Å².